The number of hydrogen-bond acceptors (Lipinski definition) is 7. The Bertz CT molecular complexity index is 1370. The molecule has 3 aromatic rings. The van der Waals surface area contributed by atoms with E-state index in [1.807, 2.05) is 0 Å². The highest BCUT2D eigenvalue weighted by atomic mass is 35.5. The quantitative estimate of drug-likeness (QED) is 0.445. The fraction of sp³-hybridized carbons (Fsp3) is 0.435. The standard InChI is InChI=1S/C23H26ClF3N6O3S/c1-3-19(34)15-5-4-6-18(20(15)24)32-12-17(29-13-32)21-16(23(25,26)27)11-28-22(31-21)30-14-7-9-33(10-8-14)37(2,35)36/h4-6,11-14,19,34H,3,7-10H2,1-2H3,(H,28,30,31). The molecule has 2 aromatic heterocycles. The van der Waals surface area contributed by atoms with Crippen LogP contribution in [0.2, 0.25) is 5.02 Å². The summed E-state index contributed by atoms with van der Waals surface area (Å²) in [5, 5.41) is 13.5. The molecule has 200 valence electrons. The molecule has 3 heterocycles. The van der Waals surface area contributed by atoms with E-state index in [0.29, 0.717) is 49.8 Å². The highest BCUT2D eigenvalue weighted by molar-refractivity contribution is 7.88. The van der Waals surface area contributed by atoms with E-state index in [9.17, 15) is 26.7 Å². The summed E-state index contributed by atoms with van der Waals surface area (Å²) >= 11 is 6.48. The predicted molar refractivity (Wildman–Crippen MR) is 133 cm³/mol. The van der Waals surface area contributed by atoms with E-state index in [-0.39, 0.29) is 22.7 Å². The molecule has 1 unspecified atom stereocenters. The molecule has 14 heteroatoms. The fourth-order valence-electron chi connectivity index (χ4n) is 4.16. The van der Waals surface area contributed by atoms with Gasteiger partial charge in [0.25, 0.3) is 0 Å². The number of piperidine rings is 1. The number of aliphatic hydroxyl groups is 1. The molecule has 0 amide bonds. The van der Waals surface area contributed by atoms with Crippen molar-refractivity contribution in [2.75, 3.05) is 24.7 Å². The third-order valence-corrected chi connectivity index (χ3v) is 7.92. The summed E-state index contributed by atoms with van der Waals surface area (Å²) in [7, 11) is -3.30. The molecule has 0 aliphatic carbocycles. The molecule has 0 bridgehead atoms. The zero-order valence-electron chi connectivity index (χ0n) is 20.1. The van der Waals surface area contributed by atoms with Gasteiger partial charge in [-0.25, -0.2) is 27.7 Å². The fourth-order valence-corrected chi connectivity index (χ4v) is 5.38. The number of nitrogens with zero attached hydrogens (tertiary/aromatic N) is 5. The average Bonchev–Trinajstić information content (AvgIpc) is 3.33. The van der Waals surface area contributed by atoms with Gasteiger partial charge in [-0.2, -0.15) is 13.2 Å². The maximum atomic E-state index is 13.8. The van der Waals surface area contributed by atoms with Crippen molar-refractivity contribution in [3.05, 3.63) is 53.1 Å². The number of anilines is 1. The second-order valence-electron chi connectivity index (χ2n) is 8.80. The summed E-state index contributed by atoms with van der Waals surface area (Å²) in [5.41, 5.74) is -0.538. The van der Waals surface area contributed by atoms with Crippen molar-refractivity contribution in [1.29, 1.82) is 0 Å². The maximum absolute atomic E-state index is 13.8. The molecule has 1 fully saturated rings. The molecule has 2 N–H and O–H groups in total. The van der Waals surface area contributed by atoms with Crippen LogP contribution in [0, 0.1) is 0 Å². The lowest BCUT2D eigenvalue weighted by molar-refractivity contribution is -0.137. The molecule has 9 nitrogen and oxygen atoms in total. The van der Waals surface area contributed by atoms with Gasteiger partial charge >= 0.3 is 6.18 Å². The normalized spacial score (nSPS) is 16.6. The van der Waals surface area contributed by atoms with Crippen molar-refractivity contribution >= 4 is 27.6 Å². The van der Waals surface area contributed by atoms with Crippen LogP contribution in [-0.4, -0.2) is 62.7 Å². The molecule has 0 saturated carbocycles. The number of rotatable bonds is 7. The number of alkyl halides is 3. The summed E-state index contributed by atoms with van der Waals surface area (Å²) in [4.78, 5) is 12.1. The van der Waals surface area contributed by atoms with Crippen LogP contribution < -0.4 is 5.32 Å². The molecular formula is C23H26ClF3N6O3S. The number of aliphatic hydroxyl groups excluding tert-OH is 1. The van der Waals surface area contributed by atoms with Crippen LogP contribution in [-0.2, 0) is 16.2 Å². The highest BCUT2D eigenvalue weighted by Crippen LogP contribution is 2.37. The number of imidazole rings is 1. The van der Waals surface area contributed by atoms with Crippen molar-refractivity contribution < 1.29 is 26.7 Å². The lowest BCUT2D eigenvalue weighted by Crippen LogP contribution is -2.42. The van der Waals surface area contributed by atoms with Gasteiger partial charge in [-0.3, -0.25) is 0 Å². The molecule has 1 saturated heterocycles. The van der Waals surface area contributed by atoms with Gasteiger partial charge < -0.3 is 15.0 Å². The lowest BCUT2D eigenvalue weighted by atomic mass is 10.1. The third kappa shape index (κ3) is 6.06. The third-order valence-electron chi connectivity index (χ3n) is 6.21. The van der Waals surface area contributed by atoms with E-state index >= 15 is 0 Å². The maximum Gasteiger partial charge on any atom is 0.420 e. The Morgan fingerprint density at radius 2 is 1.95 bits per heavy atom. The second kappa shape index (κ2) is 10.6. The Kier molecular flexibility index (Phi) is 7.79. The van der Waals surface area contributed by atoms with Crippen LogP contribution in [0.4, 0.5) is 19.1 Å². The zero-order valence-corrected chi connectivity index (χ0v) is 21.6. The topological polar surface area (TPSA) is 113 Å². The summed E-state index contributed by atoms with van der Waals surface area (Å²) in [6.07, 6.45) is 0.413. The predicted octanol–water partition coefficient (Wildman–Crippen LogP) is 4.28. The number of benzene rings is 1. The first-order chi connectivity index (χ1) is 17.4. The number of sulfonamides is 1. The first-order valence-electron chi connectivity index (χ1n) is 11.6. The van der Waals surface area contributed by atoms with Crippen molar-refractivity contribution in [1.82, 2.24) is 23.8 Å². The first kappa shape index (κ1) is 27.3. The van der Waals surface area contributed by atoms with Gasteiger partial charge in [-0.1, -0.05) is 30.7 Å². The Labute approximate surface area is 217 Å². The first-order valence-corrected chi connectivity index (χ1v) is 13.8. The van der Waals surface area contributed by atoms with Crippen molar-refractivity contribution in [3.63, 3.8) is 0 Å². The van der Waals surface area contributed by atoms with Crippen LogP contribution in [0.15, 0.2) is 36.9 Å². The second-order valence-corrected chi connectivity index (χ2v) is 11.2. The van der Waals surface area contributed by atoms with Crippen LogP contribution in [0.1, 0.15) is 43.4 Å². The number of nitrogens with one attached hydrogen (secondary N) is 1. The van der Waals surface area contributed by atoms with Crippen LogP contribution in [0.5, 0.6) is 0 Å². The molecule has 1 aliphatic rings. The molecule has 37 heavy (non-hydrogen) atoms. The largest absolute Gasteiger partial charge is 0.420 e. The Morgan fingerprint density at radius 1 is 1.24 bits per heavy atom. The van der Waals surface area contributed by atoms with Gasteiger partial charge in [0.15, 0.2) is 0 Å². The number of hydrogen-bond donors (Lipinski definition) is 2. The molecule has 0 radical (unpaired) electrons. The van der Waals surface area contributed by atoms with Crippen molar-refractivity contribution in [3.8, 4) is 17.1 Å². The number of halogens is 4. The SMILES string of the molecule is CCC(O)c1cccc(-n2cnc(-c3nc(NC4CCN(S(C)(=O)=O)CC4)ncc3C(F)(F)F)c2)c1Cl. The van der Waals surface area contributed by atoms with Crippen LogP contribution in [0.25, 0.3) is 17.1 Å². The van der Waals surface area contributed by atoms with E-state index < -0.39 is 33.6 Å². The number of aromatic nitrogens is 4. The highest BCUT2D eigenvalue weighted by Gasteiger charge is 2.36. The Balaban J connectivity index is 1.64. The van der Waals surface area contributed by atoms with Crippen molar-refractivity contribution in [2.45, 2.75) is 44.5 Å². The molecule has 1 atom stereocenters. The van der Waals surface area contributed by atoms with E-state index in [4.69, 9.17) is 11.6 Å². The summed E-state index contributed by atoms with van der Waals surface area (Å²) in [6, 6.07) is 4.84. The summed E-state index contributed by atoms with van der Waals surface area (Å²) < 4.78 is 67.7. The van der Waals surface area contributed by atoms with Crippen LogP contribution in [0.3, 0.4) is 0 Å². The Morgan fingerprint density at radius 3 is 2.57 bits per heavy atom. The summed E-state index contributed by atoms with van der Waals surface area (Å²) in [6.45, 7) is 2.39. The van der Waals surface area contributed by atoms with Crippen LogP contribution >= 0.6 is 11.6 Å². The van der Waals surface area contributed by atoms with Gasteiger partial charge in [-0.05, 0) is 25.3 Å². The molecule has 1 aliphatic heterocycles. The van der Waals surface area contributed by atoms with E-state index in [0.717, 1.165) is 6.26 Å². The van der Waals surface area contributed by atoms with E-state index in [1.165, 1.54) is 21.4 Å². The van der Waals surface area contributed by atoms with E-state index in [2.05, 4.69) is 20.3 Å². The average molecular weight is 559 g/mol. The molecular weight excluding hydrogens is 533 g/mol. The molecule has 1 aromatic carbocycles. The minimum atomic E-state index is -4.72. The zero-order chi connectivity index (χ0) is 27.0. The van der Waals surface area contributed by atoms with Gasteiger partial charge in [0, 0.05) is 37.1 Å². The monoisotopic (exact) mass is 558 g/mol. The minimum Gasteiger partial charge on any atom is -0.388 e. The molecule has 4 rings (SSSR count). The molecule has 0 spiro atoms. The summed E-state index contributed by atoms with van der Waals surface area (Å²) in [5.74, 6) is -0.0125. The van der Waals surface area contributed by atoms with Gasteiger partial charge in [0.05, 0.1) is 23.1 Å². The minimum absolute atomic E-state index is 0.0125. The van der Waals surface area contributed by atoms with E-state index in [1.54, 1.807) is 25.1 Å². The van der Waals surface area contributed by atoms with Gasteiger partial charge in [0.2, 0.25) is 16.0 Å². The lowest BCUT2D eigenvalue weighted by Gasteiger charge is -2.30. The van der Waals surface area contributed by atoms with Gasteiger partial charge in [0.1, 0.15) is 23.3 Å². The van der Waals surface area contributed by atoms with Crippen molar-refractivity contribution in [2.24, 2.45) is 0 Å². The van der Waals surface area contributed by atoms with Gasteiger partial charge in [-0.15, -0.1) is 0 Å². The Hall–Kier alpha value is -2.74. The smallest absolute Gasteiger partial charge is 0.388 e.